The summed E-state index contributed by atoms with van der Waals surface area (Å²) in [4.78, 5) is 27.0. The van der Waals surface area contributed by atoms with Crippen LogP contribution in [0.1, 0.15) is 32.8 Å². The second-order valence-corrected chi connectivity index (χ2v) is 8.40. The van der Waals surface area contributed by atoms with Crippen molar-refractivity contribution >= 4 is 44.1 Å². The van der Waals surface area contributed by atoms with Gasteiger partial charge < -0.3 is 11.1 Å². The van der Waals surface area contributed by atoms with E-state index in [-0.39, 0.29) is 18.3 Å². The molecule has 3 N–H and O–H groups in total. The maximum absolute atomic E-state index is 13.9. The SMILES string of the molecule is CN(CC(=O)Nc1sc2c(c1C(N)=O)CCC2)Cc1cc(Br)ccc1F. The number of carbonyl (C=O) groups is 2. The molecule has 3 rings (SSSR count). The van der Waals surface area contributed by atoms with Crippen LogP contribution in [0.25, 0.3) is 0 Å². The Bertz CT molecular complexity index is 868. The summed E-state index contributed by atoms with van der Waals surface area (Å²) in [5.41, 5.74) is 7.42. The lowest BCUT2D eigenvalue weighted by Crippen LogP contribution is -2.30. The Kier molecular flexibility index (Phi) is 5.74. The number of anilines is 1. The number of primary amides is 1. The maximum Gasteiger partial charge on any atom is 0.251 e. The number of carbonyl (C=O) groups excluding carboxylic acids is 2. The molecular weight excluding hydrogens is 421 g/mol. The van der Waals surface area contributed by atoms with Gasteiger partial charge in [-0.3, -0.25) is 14.5 Å². The molecule has 0 spiro atoms. The van der Waals surface area contributed by atoms with Gasteiger partial charge in [0.15, 0.2) is 0 Å². The number of nitrogens with one attached hydrogen (secondary N) is 1. The highest BCUT2D eigenvalue weighted by atomic mass is 79.9. The number of hydrogen-bond donors (Lipinski definition) is 2. The molecular formula is C18H19BrFN3O2S. The Morgan fingerprint density at radius 3 is 2.88 bits per heavy atom. The number of rotatable bonds is 6. The third-order valence-corrected chi connectivity index (χ3v) is 5.98. The van der Waals surface area contributed by atoms with E-state index in [0.717, 1.165) is 34.2 Å². The molecule has 138 valence electrons. The highest BCUT2D eigenvalue weighted by molar-refractivity contribution is 9.10. The van der Waals surface area contributed by atoms with Crippen LogP contribution < -0.4 is 11.1 Å². The largest absolute Gasteiger partial charge is 0.365 e. The molecule has 0 unspecified atom stereocenters. The summed E-state index contributed by atoms with van der Waals surface area (Å²) >= 11 is 4.74. The Balaban J connectivity index is 1.66. The summed E-state index contributed by atoms with van der Waals surface area (Å²) in [5, 5.41) is 3.32. The van der Waals surface area contributed by atoms with Gasteiger partial charge in [0, 0.05) is 21.5 Å². The Labute approximate surface area is 163 Å². The highest BCUT2D eigenvalue weighted by Crippen LogP contribution is 2.38. The Morgan fingerprint density at radius 2 is 2.15 bits per heavy atom. The first-order valence-electron chi connectivity index (χ1n) is 8.22. The van der Waals surface area contributed by atoms with Gasteiger partial charge in [-0.15, -0.1) is 11.3 Å². The molecule has 0 bridgehead atoms. The summed E-state index contributed by atoms with van der Waals surface area (Å²) < 4.78 is 14.6. The van der Waals surface area contributed by atoms with Crippen LogP contribution in [0.4, 0.5) is 9.39 Å². The molecule has 8 heteroatoms. The van der Waals surface area contributed by atoms with Crippen molar-refractivity contribution in [2.75, 3.05) is 18.9 Å². The van der Waals surface area contributed by atoms with E-state index in [1.807, 2.05) is 0 Å². The molecule has 1 aliphatic rings. The summed E-state index contributed by atoms with van der Waals surface area (Å²) in [5.74, 6) is -1.08. The number of fused-ring (bicyclic) bond motifs is 1. The fourth-order valence-electron chi connectivity index (χ4n) is 3.18. The third-order valence-electron chi connectivity index (χ3n) is 4.28. The van der Waals surface area contributed by atoms with E-state index < -0.39 is 5.91 Å². The first-order chi connectivity index (χ1) is 12.3. The van der Waals surface area contributed by atoms with Crippen molar-refractivity contribution in [3.63, 3.8) is 0 Å². The molecule has 1 aromatic carbocycles. The first-order valence-corrected chi connectivity index (χ1v) is 9.82. The number of hydrogen-bond acceptors (Lipinski definition) is 4. The van der Waals surface area contributed by atoms with Crippen molar-refractivity contribution in [2.45, 2.75) is 25.8 Å². The number of aryl methyl sites for hydroxylation is 1. The molecule has 2 amide bonds. The van der Waals surface area contributed by atoms with E-state index in [9.17, 15) is 14.0 Å². The second kappa shape index (κ2) is 7.85. The van der Waals surface area contributed by atoms with Gasteiger partial charge in [0.05, 0.1) is 12.1 Å². The molecule has 1 aromatic heterocycles. The van der Waals surface area contributed by atoms with Gasteiger partial charge in [-0.05, 0) is 50.1 Å². The molecule has 0 radical (unpaired) electrons. The average Bonchev–Trinajstić information content (AvgIpc) is 3.10. The zero-order valence-electron chi connectivity index (χ0n) is 14.3. The number of thiophene rings is 1. The molecule has 0 saturated heterocycles. The molecule has 0 saturated carbocycles. The maximum atomic E-state index is 13.9. The Hall–Kier alpha value is -1.77. The molecule has 1 aliphatic carbocycles. The topological polar surface area (TPSA) is 75.4 Å². The van der Waals surface area contributed by atoms with Crippen LogP contribution in [0.3, 0.4) is 0 Å². The lowest BCUT2D eigenvalue weighted by atomic mass is 10.1. The lowest BCUT2D eigenvalue weighted by Gasteiger charge is -2.17. The summed E-state index contributed by atoms with van der Waals surface area (Å²) in [6, 6.07) is 4.71. The predicted molar refractivity (Wildman–Crippen MR) is 104 cm³/mol. The Morgan fingerprint density at radius 1 is 1.38 bits per heavy atom. The van der Waals surface area contributed by atoms with Gasteiger partial charge in [-0.25, -0.2) is 4.39 Å². The highest BCUT2D eigenvalue weighted by Gasteiger charge is 2.26. The predicted octanol–water partition coefficient (Wildman–Crippen LogP) is 3.31. The number of amides is 2. The van der Waals surface area contributed by atoms with Gasteiger partial charge in [-0.1, -0.05) is 15.9 Å². The number of halogens is 2. The van der Waals surface area contributed by atoms with E-state index in [1.54, 1.807) is 24.1 Å². The van der Waals surface area contributed by atoms with Crippen LogP contribution in [-0.4, -0.2) is 30.3 Å². The number of benzene rings is 1. The molecule has 26 heavy (non-hydrogen) atoms. The van der Waals surface area contributed by atoms with Crippen LogP contribution >= 0.6 is 27.3 Å². The van der Waals surface area contributed by atoms with Gasteiger partial charge in [-0.2, -0.15) is 0 Å². The molecule has 0 fully saturated rings. The van der Waals surface area contributed by atoms with E-state index in [1.165, 1.54) is 17.4 Å². The number of likely N-dealkylation sites (N-methyl/N-ethyl adjacent to an activating group) is 1. The minimum absolute atomic E-state index is 0.0761. The standard InChI is InChI=1S/C18H19BrFN3O2S/c1-23(8-10-7-11(19)5-6-13(10)20)9-15(24)22-18-16(17(21)25)12-3-2-4-14(12)26-18/h5-7H,2-4,8-9H2,1H3,(H2,21,25)(H,22,24). The minimum Gasteiger partial charge on any atom is -0.365 e. The van der Waals surface area contributed by atoms with E-state index in [0.29, 0.717) is 22.7 Å². The molecule has 2 aromatic rings. The summed E-state index contributed by atoms with van der Waals surface area (Å²) in [6.07, 6.45) is 2.75. The van der Waals surface area contributed by atoms with Crippen LogP contribution in [0.5, 0.6) is 0 Å². The van der Waals surface area contributed by atoms with E-state index >= 15 is 0 Å². The molecule has 0 aliphatic heterocycles. The van der Waals surface area contributed by atoms with Crippen molar-refractivity contribution in [1.29, 1.82) is 0 Å². The first kappa shape index (κ1) is 19.0. The lowest BCUT2D eigenvalue weighted by molar-refractivity contribution is -0.117. The average molecular weight is 440 g/mol. The number of nitrogens with two attached hydrogens (primary N) is 1. The quantitative estimate of drug-likeness (QED) is 0.724. The van der Waals surface area contributed by atoms with Crippen LogP contribution in [0, 0.1) is 5.82 Å². The van der Waals surface area contributed by atoms with Gasteiger partial charge in [0.2, 0.25) is 5.91 Å². The summed E-state index contributed by atoms with van der Waals surface area (Å²) in [7, 11) is 1.74. The monoisotopic (exact) mass is 439 g/mol. The van der Waals surface area contributed by atoms with Crippen molar-refractivity contribution in [3.05, 3.63) is 50.1 Å². The van der Waals surface area contributed by atoms with Crippen molar-refractivity contribution in [2.24, 2.45) is 5.73 Å². The fraction of sp³-hybridized carbons (Fsp3) is 0.333. The van der Waals surface area contributed by atoms with Gasteiger partial charge in [0.25, 0.3) is 5.91 Å². The molecule has 1 heterocycles. The minimum atomic E-state index is -0.510. The van der Waals surface area contributed by atoms with Gasteiger partial charge >= 0.3 is 0 Å². The zero-order chi connectivity index (χ0) is 18.8. The van der Waals surface area contributed by atoms with Crippen LogP contribution in [0.15, 0.2) is 22.7 Å². The second-order valence-electron chi connectivity index (χ2n) is 6.38. The fourth-order valence-corrected chi connectivity index (χ4v) is 4.89. The number of nitrogens with zero attached hydrogens (tertiary/aromatic N) is 1. The van der Waals surface area contributed by atoms with Gasteiger partial charge in [0.1, 0.15) is 10.8 Å². The van der Waals surface area contributed by atoms with Crippen molar-refractivity contribution < 1.29 is 14.0 Å². The van der Waals surface area contributed by atoms with Crippen molar-refractivity contribution in [3.8, 4) is 0 Å². The van der Waals surface area contributed by atoms with E-state index in [2.05, 4.69) is 21.2 Å². The zero-order valence-corrected chi connectivity index (χ0v) is 16.7. The third kappa shape index (κ3) is 4.13. The smallest absolute Gasteiger partial charge is 0.251 e. The normalized spacial score (nSPS) is 13.1. The summed E-state index contributed by atoms with van der Waals surface area (Å²) in [6.45, 7) is 0.370. The van der Waals surface area contributed by atoms with Crippen LogP contribution in [-0.2, 0) is 24.2 Å². The molecule has 0 atom stereocenters. The molecule has 5 nitrogen and oxygen atoms in total. The van der Waals surface area contributed by atoms with Crippen LogP contribution in [0.2, 0.25) is 0 Å². The van der Waals surface area contributed by atoms with E-state index in [4.69, 9.17) is 5.73 Å². The van der Waals surface area contributed by atoms with Crippen molar-refractivity contribution in [1.82, 2.24) is 4.90 Å².